The summed E-state index contributed by atoms with van der Waals surface area (Å²) in [5, 5.41) is -0.317. The minimum absolute atomic E-state index is 0.309. The SMILES string of the molecule is CC(C)N1CCN(C(C)C)C1[SeH](=O)=O. The second-order valence-electron chi connectivity index (χ2n) is 4.29. The van der Waals surface area contributed by atoms with Crippen LogP contribution in [0.3, 0.4) is 0 Å². The van der Waals surface area contributed by atoms with Gasteiger partial charge in [0, 0.05) is 0 Å². The Morgan fingerprint density at radius 3 is 1.57 bits per heavy atom. The van der Waals surface area contributed by atoms with Crippen LogP contribution in [0.1, 0.15) is 27.7 Å². The fraction of sp³-hybridized carbons (Fsp3) is 1.00. The fourth-order valence-electron chi connectivity index (χ4n) is 1.94. The topological polar surface area (TPSA) is 40.6 Å². The van der Waals surface area contributed by atoms with E-state index in [1.807, 2.05) is 0 Å². The summed E-state index contributed by atoms with van der Waals surface area (Å²) < 4.78 is 22.5. The van der Waals surface area contributed by atoms with Gasteiger partial charge in [-0.25, -0.2) is 0 Å². The zero-order valence-electron chi connectivity index (χ0n) is 9.30. The van der Waals surface area contributed by atoms with E-state index >= 15 is 0 Å². The molecular formula is C9H20N2O2Se. The van der Waals surface area contributed by atoms with Crippen LogP contribution in [0.2, 0.25) is 0 Å². The van der Waals surface area contributed by atoms with Crippen LogP contribution < -0.4 is 0 Å². The van der Waals surface area contributed by atoms with E-state index < -0.39 is 13.8 Å². The summed E-state index contributed by atoms with van der Waals surface area (Å²) in [6.07, 6.45) is 0. The van der Waals surface area contributed by atoms with Crippen molar-refractivity contribution in [1.82, 2.24) is 9.80 Å². The van der Waals surface area contributed by atoms with Crippen molar-refractivity contribution in [2.75, 3.05) is 13.1 Å². The minimum atomic E-state index is -3.17. The van der Waals surface area contributed by atoms with Gasteiger partial charge in [0.25, 0.3) is 0 Å². The first-order valence-electron chi connectivity index (χ1n) is 5.10. The van der Waals surface area contributed by atoms with Gasteiger partial charge in [-0.1, -0.05) is 0 Å². The first-order chi connectivity index (χ1) is 6.45. The molecular weight excluding hydrogens is 247 g/mol. The maximum absolute atomic E-state index is 11.3. The first kappa shape index (κ1) is 12.1. The Bertz CT molecular complexity index is 240. The normalized spacial score (nSPS) is 21.9. The van der Waals surface area contributed by atoms with Gasteiger partial charge >= 0.3 is 89.2 Å². The summed E-state index contributed by atoms with van der Waals surface area (Å²) in [6.45, 7) is 9.94. The van der Waals surface area contributed by atoms with E-state index in [0.29, 0.717) is 12.1 Å². The van der Waals surface area contributed by atoms with Crippen molar-refractivity contribution in [3.63, 3.8) is 0 Å². The monoisotopic (exact) mass is 268 g/mol. The van der Waals surface area contributed by atoms with Crippen LogP contribution in [-0.4, -0.2) is 53.8 Å². The van der Waals surface area contributed by atoms with Crippen molar-refractivity contribution in [3.05, 3.63) is 0 Å². The van der Waals surface area contributed by atoms with Crippen molar-refractivity contribution < 1.29 is 7.67 Å². The van der Waals surface area contributed by atoms with E-state index in [9.17, 15) is 7.67 Å². The van der Waals surface area contributed by atoms with Crippen LogP contribution >= 0.6 is 0 Å². The Labute approximate surface area is 89.5 Å². The fourth-order valence-corrected chi connectivity index (χ4v) is 4.56. The first-order valence-corrected chi connectivity index (χ1v) is 7.71. The number of rotatable bonds is 3. The molecule has 0 saturated carbocycles. The molecule has 1 fully saturated rings. The molecule has 0 N–H and O–H groups in total. The Kier molecular flexibility index (Phi) is 4.07. The molecule has 84 valence electrons. The molecule has 0 aromatic rings. The van der Waals surface area contributed by atoms with Gasteiger partial charge in [-0.3, -0.25) is 0 Å². The standard InChI is InChI=1S/C9H20N2O2Se/c1-7(2)10-5-6-11(8(3)4)9(10)14(12)13/h7-9,14H,5-6H2,1-4H3. The summed E-state index contributed by atoms with van der Waals surface area (Å²) in [5.74, 6) is 0. The Morgan fingerprint density at radius 1 is 1.00 bits per heavy atom. The Balaban J connectivity index is 2.85. The second kappa shape index (κ2) is 4.71. The van der Waals surface area contributed by atoms with Gasteiger partial charge in [0.2, 0.25) is 0 Å². The van der Waals surface area contributed by atoms with E-state index in [0.717, 1.165) is 13.1 Å². The maximum atomic E-state index is 11.3. The summed E-state index contributed by atoms with van der Waals surface area (Å²) in [7, 11) is 0. The van der Waals surface area contributed by atoms with Crippen LogP contribution in [0.5, 0.6) is 0 Å². The molecule has 0 aromatic carbocycles. The second-order valence-corrected chi connectivity index (χ2v) is 6.46. The zero-order chi connectivity index (χ0) is 10.9. The molecule has 0 bridgehead atoms. The molecule has 1 rings (SSSR count). The molecule has 14 heavy (non-hydrogen) atoms. The average molecular weight is 267 g/mol. The van der Waals surface area contributed by atoms with Gasteiger partial charge in [-0.05, 0) is 0 Å². The van der Waals surface area contributed by atoms with Gasteiger partial charge in [0.1, 0.15) is 0 Å². The van der Waals surface area contributed by atoms with Crippen molar-refractivity contribution in [2.45, 2.75) is 44.8 Å². The third-order valence-corrected chi connectivity index (χ3v) is 4.76. The molecule has 4 nitrogen and oxygen atoms in total. The zero-order valence-corrected chi connectivity index (χ0v) is 11.2. The summed E-state index contributed by atoms with van der Waals surface area (Å²) >= 11 is -3.17. The Hall–Kier alpha value is 0.0395. The van der Waals surface area contributed by atoms with E-state index in [-0.39, 0.29) is 5.06 Å². The van der Waals surface area contributed by atoms with Crippen molar-refractivity contribution >= 4 is 13.8 Å². The Morgan fingerprint density at radius 2 is 1.36 bits per heavy atom. The number of hydrogen-bond donors (Lipinski definition) is 0. The molecule has 5 heteroatoms. The molecule has 0 radical (unpaired) electrons. The predicted octanol–water partition coefficient (Wildman–Crippen LogP) is 0.368. The molecule has 0 unspecified atom stereocenters. The summed E-state index contributed by atoms with van der Waals surface area (Å²) in [5.41, 5.74) is 0. The average Bonchev–Trinajstić information content (AvgIpc) is 2.46. The van der Waals surface area contributed by atoms with Crippen LogP contribution in [0.25, 0.3) is 0 Å². The van der Waals surface area contributed by atoms with Gasteiger partial charge in [-0.2, -0.15) is 0 Å². The van der Waals surface area contributed by atoms with Crippen LogP contribution in [0.15, 0.2) is 0 Å². The third-order valence-electron chi connectivity index (χ3n) is 2.72. The summed E-state index contributed by atoms with van der Waals surface area (Å²) in [4.78, 5) is 4.14. The van der Waals surface area contributed by atoms with Crippen molar-refractivity contribution in [1.29, 1.82) is 0 Å². The molecule has 1 aliphatic rings. The van der Waals surface area contributed by atoms with E-state index in [4.69, 9.17) is 0 Å². The van der Waals surface area contributed by atoms with Gasteiger partial charge in [-0.15, -0.1) is 0 Å². The van der Waals surface area contributed by atoms with Gasteiger partial charge in [0.15, 0.2) is 0 Å². The van der Waals surface area contributed by atoms with Crippen LogP contribution in [0.4, 0.5) is 0 Å². The van der Waals surface area contributed by atoms with E-state index in [2.05, 4.69) is 37.5 Å². The van der Waals surface area contributed by atoms with Crippen molar-refractivity contribution in [2.24, 2.45) is 0 Å². The van der Waals surface area contributed by atoms with Crippen LogP contribution in [-0.2, 0) is 7.67 Å². The van der Waals surface area contributed by atoms with E-state index in [1.165, 1.54) is 0 Å². The molecule has 0 aliphatic carbocycles. The molecule has 0 spiro atoms. The number of hydrogen-bond acceptors (Lipinski definition) is 4. The predicted molar refractivity (Wildman–Crippen MR) is 56.0 cm³/mol. The van der Waals surface area contributed by atoms with Crippen molar-refractivity contribution in [3.8, 4) is 0 Å². The van der Waals surface area contributed by atoms with Gasteiger partial charge in [0.05, 0.1) is 0 Å². The third kappa shape index (κ3) is 2.34. The van der Waals surface area contributed by atoms with E-state index in [1.54, 1.807) is 0 Å². The van der Waals surface area contributed by atoms with Crippen LogP contribution in [0, 0.1) is 0 Å². The summed E-state index contributed by atoms with van der Waals surface area (Å²) in [6, 6.07) is 0.618. The number of nitrogens with zero attached hydrogens (tertiary/aromatic N) is 2. The molecule has 0 atom stereocenters. The molecule has 0 aromatic heterocycles. The molecule has 1 saturated heterocycles. The van der Waals surface area contributed by atoms with Gasteiger partial charge < -0.3 is 0 Å². The quantitative estimate of drug-likeness (QED) is 0.693. The molecule has 0 amide bonds. The molecule has 1 aliphatic heterocycles. The molecule has 1 heterocycles.